The summed E-state index contributed by atoms with van der Waals surface area (Å²) in [7, 11) is 0. The number of hydrogen-bond donors (Lipinski definition) is 0. The number of unbranched alkanes of at least 4 members (excludes halogenated alkanes) is 1. The van der Waals surface area contributed by atoms with Crippen LogP contribution < -0.4 is 0 Å². The SMILES string of the molecule is [CH-]=C/C(C)=C/CCC.[Co]. The Hall–Kier alpha value is -0.0135. The topological polar surface area (TPSA) is 0 Å². The molecule has 0 unspecified atom stereocenters. The second-order valence-corrected chi connectivity index (χ2v) is 1.90. The Morgan fingerprint density at radius 3 is 2.44 bits per heavy atom. The molecule has 0 aromatic rings. The number of hydrogen-bond acceptors (Lipinski definition) is 0. The molecule has 0 atom stereocenters. The Kier molecular flexibility index (Phi) is 10.4. The summed E-state index contributed by atoms with van der Waals surface area (Å²) in [6.45, 7) is 9.38. The first-order valence-electron chi connectivity index (χ1n) is 3.03. The number of rotatable bonds is 3. The minimum atomic E-state index is 0. The molecular weight excluding hydrogens is 155 g/mol. The van der Waals surface area contributed by atoms with Gasteiger partial charge in [0, 0.05) is 16.8 Å². The fourth-order valence-electron chi connectivity index (χ4n) is 0.440. The molecule has 0 amide bonds. The third-order valence-electron chi connectivity index (χ3n) is 1.02. The van der Waals surface area contributed by atoms with Gasteiger partial charge in [0.2, 0.25) is 0 Å². The minimum absolute atomic E-state index is 0. The zero-order valence-electron chi connectivity index (χ0n) is 5.98. The normalized spacial score (nSPS) is 10.2. The van der Waals surface area contributed by atoms with Crippen molar-refractivity contribution in [1.82, 2.24) is 0 Å². The smallest absolute Gasteiger partial charge is 0 e. The van der Waals surface area contributed by atoms with Gasteiger partial charge < -0.3 is 0 Å². The molecule has 0 aliphatic heterocycles. The monoisotopic (exact) mass is 168 g/mol. The first-order valence-corrected chi connectivity index (χ1v) is 3.03. The average molecular weight is 168 g/mol. The van der Waals surface area contributed by atoms with Crippen LogP contribution >= 0.6 is 0 Å². The largest absolute Gasteiger partial charge is 0.293 e. The van der Waals surface area contributed by atoms with Crippen LogP contribution in [0.15, 0.2) is 17.7 Å². The van der Waals surface area contributed by atoms with E-state index < -0.39 is 0 Å². The molecule has 1 heteroatoms. The first-order chi connectivity index (χ1) is 3.81. The van der Waals surface area contributed by atoms with E-state index in [1.807, 2.05) is 6.92 Å². The molecule has 0 saturated carbocycles. The molecule has 0 fully saturated rings. The van der Waals surface area contributed by atoms with Gasteiger partial charge in [0.05, 0.1) is 0 Å². The van der Waals surface area contributed by atoms with E-state index in [0.717, 1.165) is 6.42 Å². The van der Waals surface area contributed by atoms with Crippen LogP contribution in [-0.4, -0.2) is 0 Å². The molecule has 0 aromatic carbocycles. The summed E-state index contributed by atoms with van der Waals surface area (Å²) in [5.74, 6) is 0. The average Bonchev–Trinajstić information content (AvgIpc) is 1.83. The van der Waals surface area contributed by atoms with Gasteiger partial charge in [-0.1, -0.05) is 19.8 Å². The first kappa shape index (κ1) is 11.7. The van der Waals surface area contributed by atoms with Gasteiger partial charge in [0.1, 0.15) is 0 Å². The van der Waals surface area contributed by atoms with E-state index in [0.29, 0.717) is 0 Å². The molecule has 55 valence electrons. The molecule has 0 heterocycles. The van der Waals surface area contributed by atoms with Crippen molar-refractivity contribution in [3.63, 3.8) is 0 Å². The molecule has 0 aliphatic rings. The fraction of sp³-hybridized carbons (Fsp3) is 0.500. The van der Waals surface area contributed by atoms with E-state index in [4.69, 9.17) is 6.58 Å². The molecule has 0 N–H and O–H groups in total. The van der Waals surface area contributed by atoms with E-state index in [1.165, 1.54) is 12.0 Å². The maximum absolute atomic E-state index is 5.22. The Labute approximate surface area is 68.2 Å². The predicted octanol–water partition coefficient (Wildman–Crippen LogP) is 2.72. The van der Waals surface area contributed by atoms with Gasteiger partial charge in [-0.25, -0.2) is 11.6 Å². The Morgan fingerprint density at radius 1 is 1.56 bits per heavy atom. The molecule has 1 radical (unpaired) electrons. The van der Waals surface area contributed by atoms with Crippen LogP contribution in [0.1, 0.15) is 26.7 Å². The van der Waals surface area contributed by atoms with Crippen molar-refractivity contribution in [3.05, 3.63) is 24.3 Å². The van der Waals surface area contributed by atoms with Crippen molar-refractivity contribution in [1.29, 1.82) is 0 Å². The molecule has 0 aromatic heterocycles. The molecule has 9 heavy (non-hydrogen) atoms. The summed E-state index contributed by atoms with van der Waals surface area (Å²) in [5.41, 5.74) is 1.17. The van der Waals surface area contributed by atoms with Crippen molar-refractivity contribution in [2.24, 2.45) is 0 Å². The van der Waals surface area contributed by atoms with E-state index in [2.05, 4.69) is 13.0 Å². The fourth-order valence-corrected chi connectivity index (χ4v) is 0.440. The summed E-state index contributed by atoms with van der Waals surface area (Å²) >= 11 is 0. The maximum atomic E-state index is 5.22. The maximum Gasteiger partial charge on any atom is 0 e. The van der Waals surface area contributed by atoms with Crippen LogP contribution in [-0.2, 0) is 16.8 Å². The van der Waals surface area contributed by atoms with Crippen molar-refractivity contribution < 1.29 is 16.8 Å². The van der Waals surface area contributed by atoms with Gasteiger partial charge in [-0.15, -0.1) is 6.92 Å². The van der Waals surface area contributed by atoms with E-state index in [-0.39, 0.29) is 16.8 Å². The predicted molar refractivity (Wildman–Crippen MR) is 37.5 cm³/mol. The Balaban J connectivity index is 0. The molecule has 0 bridgehead atoms. The van der Waals surface area contributed by atoms with Gasteiger partial charge >= 0.3 is 0 Å². The summed E-state index contributed by atoms with van der Waals surface area (Å²) in [6, 6.07) is 0. The van der Waals surface area contributed by atoms with E-state index >= 15 is 0 Å². The van der Waals surface area contributed by atoms with Crippen LogP contribution in [0.25, 0.3) is 0 Å². The van der Waals surface area contributed by atoms with Gasteiger partial charge in [-0.2, -0.15) is 6.08 Å². The third-order valence-corrected chi connectivity index (χ3v) is 1.02. The summed E-state index contributed by atoms with van der Waals surface area (Å²) in [6.07, 6.45) is 6.11. The van der Waals surface area contributed by atoms with Crippen LogP contribution in [0, 0.1) is 6.58 Å². The minimum Gasteiger partial charge on any atom is -0.293 e. The van der Waals surface area contributed by atoms with Crippen LogP contribution in [0.3, 0.4) is 0 Å². The van der Waals surface area contributed by atoms with Gasteiger partial charge in [-0.05, 0) is 0 Å². The van der Waals surface area contributed by atoms with Crippen LogP contribution in [0.4, 0.5) is 0 Å². The van der Waals surface area contributed by atoms with E-state index in [1.54, 1.807) is 6.08 Å². The zero-order chi connectivity index (χ0) is 6.41. The summed E-state index contributed by atoms with van der Waals surface area (Å²) < 4.78 is 0. The third kappa shape index (κ3) is 7.99. The van der Waals surface area contributed by atoms with Gasteiger partial charge in [0.25, 0.3) is 0 Å². The second kappa shape index (κ2) is 7.99. The van der Waals surface area contributed by atoms with Gasteiger partial charge in [-0.3, -0.25) is 6.58 Å². The second-order valence-electron chi connectivity index (χ2n) is 1.90. The standard InChI is InChI=1S/C8H13.Co/c1-4-6-7-8(3)5-2;/h2,5,7H,4,6H2,1,3H3;/q-1;/b8-7+;. The number of allylic oxidation sites excluding steroid dienone is 3. The molecular formula is C8H13Co-. The quantitative estimate of drug-likeness (QED) is 0.449. The van der Waals surface area contributed by atoms with Gasteiger partial charge in [0.15, 0.2) is 0 Å². The molecule has 0 saturated heterocycles. The Morgan fingerprint density at radius 2 is 2.11 bits per heavy atom. The van der Waals surface area contributed by atoms with Crippen LogP contribution in [0.2, 0.25) is 0 Å². The molecule has 0 rings (SSSR count). The summed E-state index contributed by atoms with van der Waals surface area (Å²) in [4.78, 5) is 0. The van der Waals surface area contributed by atoms with Crippen molar-refractivity contribution in [3.8, 4) is 0 Å². The van der Waals surface area contributed by atoms with Crippen LogP contribution in [0.5, 0.6) is 0 Å². The summed E-state index contributed by atoms with van der Waals surface area (Å²) in [5, 5.41) is 0. The zero-order valence-corrected chi connectivity index (χ0v) is 7.02. The molecule has 0 spiro atoms. The van der Waals surface area contributed by atoms with Crippen molar-refractivity contribution >= 4 is 0 Å². The van der Waals surface area contributed by atoms with Crippen molar-refractivity contribution in [2.45, 2.75) is 26.7 Å². The van der Waals surface area contributed by atoms with Crippen molar-refractivity contribution in [2.75, 3.05) is 0 Å². The Bertz CT molecular complexity index is 92.7. The molecule has 0 aliphatic carbocycles. The molecule has 0 nitrogen and oxygen atoms in total. The van der Waals surface area contributed by atoms with E-state index in [9.17, 15) is 0 Å².